The molecule has 0 amide bonds. The van der Waals surface area contributed by atoms with Crippen molar-refractivity contribution in [2.24, 2.45) is 11.8 Å². The zero-order valence-corrected chi connectivity index (χ0v) is 10.6. The van der Waals surface area contributed by atoms with Gasteiger partial charge in [-0.3, -0.25) is 0 Å². The minimum absolute atomic E-state index is 0.244. The van der Waals surface area contributed by atoms with Gasteiger partial charge in [0.05, 0.1) is 12.5 Å². The van der Waals surface area contributed by atoms with E-state index >= 15 is 0 Å². The number of nitrogens with one attached hydrogen (secondary N) is 1. The Hall–Kier alpha value is -0.290. The van der Waals surface area contributed by atoms with Gasteiger partial charge in [-0.25, -0.2) is 0 Å². The van der Waals surface area contributed by atoms with Crippen molar-refractivity contribution in [3.8, 4) is 0 Å². The number of halogens is 3. The Labute approximate surface area is 106 Å². The monoisotopic (exact) mass is 265 g/mol. The predicted octanol–water partition coefficient (Wildman–Crippen LogP) is 3.12. The molecule has 1 N–H and O–H groups in total. The lowest BCUT2D eigenvalue weighted by Gasteiger charge is -2.30. The van der Waals surface area contributed by atoms with Crippen LogP contribution in [0.3, 0.4) is 0 Å². The van der Waals surface area contributed by atoms with E-state index in [4.69, 9.17) is 4.74 Å². The topological polar surface area (TPSA) is 21.3 Å². The fraction of sp³-hybridized carbons (Fsp3) is 1.00. The van der Waals surface area contributed by atoms with Crippen molar-refractivity contribution in [1.82, 2.24) is 5.32 Å². The maximum atomic E-state index is 12.5. The van der Waals surface area contributed by atoms with E-state index in [2.05, 4.69) is 5.32 Å². The molecule has 0 atom stereocenters. The summed E-state index contributed by atoms with van der Waals surface area (Å²) in [6.07, 6.45) is 0.371. The van der Waals surface area contributed by atoms with Crippen molar-refractivity contribution in [3.05, 3.63) is 0 Å². The molecule has 2 saturated carbocycles. The Morgan fingerprint density at radius 1 is 1.00 bits per heavy atom. The highest BCUT2D eigenvalue weighted by molar-refractivity contribution is 4.80. The van der Waals surface area contributed by atoms with Crippen LogP contribution in [-0.2, 0) is 4.74 Å². The molecule has 18 heavy (non-hydrogen) atoms. The third-order valence-electron chi connectivity index (χ3n) is 3.92. The lowest BCUT2D eigenvalue weighted by molar-refractivity contribution is -0.182. The van der Waals surface area contributed by atoms with E-state index in [0.717, 1.165) is 19.1 Å². The summed E-state index contributed by atoms with van der Waals surface area (Å²) in [4.78, 5) is 0. The first-order valence-electron chi connectivity index (χ1n) is 6.93. The van der Waals surface area contributed by atoms with E-state index in [-0.39, 0.29) is 18.9 Å². The summed E-state index contributed by atoms with van der Waals surface area (Å²) < 4.78 is 42.9. The summed E-state index contributed by atoms with van der Waals surface area (Å²) in [5, 5.41) is 3.30. The van der Waals surface area contributed by atoms with Crippen LogP contribution < -0.4 is 5.32 Å². The zero-order chi connectivity index (χ0) is 13.0. The maximum absolute atomic E-state index is 12.5. The minimum atomic E-state index is -4.00. The molecule has 0 aromatic heterocycles. The van der Waals surface area contributed by atoms with Gasteiger partial charge in [-0.1, -0.05) is 0 Å². The summed E-state index contributed by atoms with van der Waals surface area (Å²) in [6.45, 7) is 2.28. The van der Waals surface area contributed by atoms with Gasteiger partial charge in [0.1, 0.15) is 0 Å². The number of hydrogen-bond acceptors (Lipinski definition) is 2. The molecule has 0 saturated heterocycles. The molecule has 5 heteroatoms. The third kappa shape index (κ3) is 4.76. The molecule has 0 aromatic carbocycles. The molecule has 0 spiro atoms. The van der Waals surface area contributed by atoms with Gasteiger partial charge in [0.25, 0.3) is 0 Å². The maximum Gasteiger partial charge on any atom is 0.391 e. The molecule has 0 radical (unpaired) electrons. The minimum Gasteiger partial charge on any atom is -0.380 e. The molecular weight excluding hydrogens is 243 g/mol. The van der Waals surface area contributed by atoms with Crippen LogP contribution in [0.1, 0.15) is 38.5 Å². The number of alkyl halides is 3. The van der Waals surface area contributed by atoms with E-state index in [1.807, 2.05) is 0 Å². The molecule has 2 aliphatic rings. The van der Waals surface area contributed by atoms with Crippen LogP contribution in [0.5, 0.6) is 0 Å². The summed E-state index contributed by atoms with van der Waals surface area (Å²) in [5.41, 5.74) is 0. The van der Waals surface area contributed by atoms with Crippen LogP contribution in [0.15, 0.2) is 0 Å². The van der Waals surface area contributed by atoms with Gasteiger partial charge in [0.15, 0.2) is 0 Å². The first kappa shape index (κ1) is 14.1. The van der Waals surface area contributed by atoms with Crippen LogP contribution in [0.4, 0.5) is 13.2 Å². The molecular formula is C13H22F3NO. The van der Waals surface area contributed by atoms with Crippen molar-refractivity contribution >= 4 is 0 Å². The SMILES string of the molecule is FC(F)(F)C1CCC(NCCOCC2CC2)CC1. The number of rotatable bonds is 6. The lowest BCUT2D eigenvalue weighted by atomic mass is 9.85. The Bertz CT molecular complexity index is 245. The van der Waals surface area contributed by atoms with E-state index in [1.165, 1.54) is 12.8 Å². The Morgan fingerprint density at radius 2 is 1.67 bits per heavy atom. The Balaban J connectivity index is 1.50. The lowest BCUT2D eigenvalue weighted by Crippen LogP contribution is -2.38. The Kier molecular flexibility index (Phi) is 4.90. The molecule has 2 fully saturated rings. The van der Waals surface area contributed by atoms with E-state index in [1.54, 1.807) is 0 Å². The first-order chi connectivity index (χ1) is 8.55. The summed E-state index contributed by atoms with van der Waals surface area (Å²) >= 11 is 0. The van der Waals surface area contributed by atoms with E-state index in [0.29, 0.717) is 19.4 Å². The van der Waals surface area contributed by atoms with Crippen LogP contribution >= 0.6 is 0 Å². The molecule has 0 aromatic rings. The molecule has 0 unspecified atom stereocenters. The van der Waals surface area contributed by atoms with Crippen molar-refractivity contribution in [1.29, 1.82) is 0 Å². The average molecular weight is 265 g/mol. The first-order valence-corrected chi connectivity index (χ1v) is 6.93. The smallest absolute Gasteiger partial charge is 0.380 e. The fourth-order valence-electron chi connectivity index (χ4n) is 2.49. The summed E-state index contributed by atoms with van der Waals surface area (Å²) in [6, 6.07) is 0.244. The molecule has 2 aliphatic carbocycles. The predicted molar refractivity (Wildman–Crippen MR) is 63.3 cm³/mol. The Morgan fingerprint density at radius 3 is 2.22 bits per heavy atom. The van der Waals surface area contributed by atoms with Crippen molar-refractivity contribution in [2.75, 3.05) is 19.8 Å². The van der Waals surface area contributed by atoms with Gasteiger partial charge in [-0.15, -0.1) is 0 Å². The standard InChI is InChI=1S/C13H22F3NO/c14-13(15,16)11-3-5-12(6-4-11)17-7-8-18-9-10-1-2-10/h10-12,17H,1-9H2. The van der Waals surface area contributed by atoms with Crippen molar-refractivity contribution in [3.63, 3.8) is 0 Å². The van der Waals surface area contributed by atoms with Crippen LogP contribution in [0.25, 0.3) is 0 Å². The quantitative estimate of drug-likeness (QED) is 0.745. The molecule has 0 heterocycles. The van der Waals surface area contributed by atoms with E-state index in [9.17, 15) is 13.2 Å². The molecule has 106 valence electrons. The second-order valence-electron chi connectivity index (χ2n) is 5.56. The highest BCUT2D eigenvalue weighted by Crippen LogP contribution is 2.37. The molecule has 0 bridgehead atoms. The number of ether oxygens (including phenoxy) is 1. The zero-order valence-electron chi connectivity index (χ0n) is 10.6. The largest absolute Gasteiger partial charge is 0.391 e. The molecule has 2 rings (SSSR count). The van der Waals surface area contributed by atoms with Crippen molar-refractivity contribution in [2.45, 2.75) is 50.7 Å². The van der Waals surface area contributed by atoms with E-state index < -0.39 is 12.1 Å². The van der Waals surface area contributed by atoms with Crippen LogP contribution in [0.2, 0.25) is 0 Å². The van der Waals surface area contributed by atoms with Crippen LogP contribution in [0, 0.1) is 11.8 Å². The molecule has 0 aliphatic heterocycles. The van der Waals surface area contributed by atoms with Gasteiger partial charge in [0.2, 0.25) is 0 Å². The van der Waals surface area contributed by atoms with Gasteiger partial charge in [0, 0.05) is 19.2 Å². The van der Waals surface area contributed by atoms with Crippen LogP contribution in [-0.4, -0.2) is 32.0 Å². The van der Waals surface area contributed by atoms with Gasteiger partial charge >= 0.3 is 6.18 Å². The number of hydrogen-bond donors (Lipinski definition) is 1. The summed E-state index contributed by atoms with van der Waals surface area (Å²) in [7, 11) is 0. The second-order valence-corrected chi connectivity index (χ2v) is 5.56. The third-order valence-corrected chi connectivity index (χ3v) is 3.92. The normalized spacial score (nSPS) is 29.5. The second kappa shape index (κ2) is 6.24. The van der Waals surface area contributed by atoms with Gasteiger partial charge in [-0.05, 0) is 44.4 Å². The highest BCUT2D eigenvalue weighted by atomic mass is 19.4. The van der Waals surface area contributed by atoms with Crippen molar-refractivity contribution < 1.29 is 17.9 Å². The fourth-order valence-corrected chi connectivity index (χ4v) is 2.49. The summed E-state index contributed by atoms with van der Waals surface area (Å²) in [5.74, 6) is -0.311. The van der Waals surface area contributed by atoms with Gasteiger partial charge in [-0.2, -0.15) is 13.2 Å². The van der Waals surface area contributed by atoms with Gasteiger partial charge < -0.3 is 10.1 Å². The highest BCUT2D eigenvalue weighted by Gasteiger charge is 2.41. The molecule has 2 nitrogen and oxygen atoms in total. The average Bonchev–Trinajstić information content (AvgIpc) is 3.12.